The molecule has 124 valence electrons. The molecule has 0 saturated heterocycles. The van der Waals surface area contributed by atoms with Crippen LogP contribution in [0.5, 0.6) is 0 Å². The van der Waals surface area contributed by atoms with Crippen molar-refractivity contribution in [3.63, 3.8) is 0 Å². The van der Waals surface area contributed by atoms with E-state index in [0.29, 0.717) is 5.56 Å². The van der Waals surface area contributed by atoms with Gasteiger partial charge in [0.1, 0.15) is 6.61 Å². The van der Waals surface area contributed by atoms with Crippen molar-refractivity contribution in [2.24, 2.45) is 0 Å². The minimum Gasteiger partial charge on any atom is -0.461 e. The molecule has 0 spiro atoms. The van der Waals surface area contributed by atoms with Gasteiger partial charge in [0.2, 0.25) is 0 Å². The van der Waals surface area contributed by atoms with Crippen LogP contribution in [-0.4, -0.2) is 11.0 Å². The lowest BCUT2D eigenvalue weighted by atomic mass is 10.1. The van der Waals surface area contributed by atoms with Crippen LogP contribution in [0.25, 0.3) is 10.9 Å². The van der Waals surface area contributed by atoms with Crippen molar-refractivity contribution in [2.75, 3.05) is 0 Å². The molecule has 1 aromatic heterocycles. The second-order valence-corrected chi connectivity index (χ2v) is 5.39. The molecular formula is C18H14F3NO2. The summed E-state index contributed by atoms with van der Waals surface area (Å²) in [4.78, 5) is 15.0. The summed E-state index contributed by atoms with van der Waals surface area (Å²) < 4.78 is 42.6. The van der Waals surface area contributed by atoms with Crippen LogP contribution in [0.4, 0.5) is 13.2 Å². The van der Waals surface area contributed by atoms with Gasteiger partial charge in [-0.1, -0.05) is 30.3 Å². The number of rotatable bonds is 4. The third-order valence-corrected chi connectivity index (χ3v) is 3.69. The summed E-state index contributed by atoms with van der Waals surface area (Å²) in [5.41, 5.74) is 1.54. The van der Waals surface area contributed by atoms with Crippen molar-refractivity contribution < 1.29 is 22.7 Å². The van der Waals surface area contributed by atoms with Crippen molar-refractivity contribution in [3.05, 3.63) is 71.4 Å². The fourth-order valence-electron chi connectivity index (χ4n) is 2.44. The van der Waals surface area contributed by atoms with E-state index in [9.17, 15) is 18.0 Å². The molecule has 0 unspecified atom stereocenters. The van der Waals surface area contributed by atoms with Gasteiger partial charge < -0.3 is 9.72 Å². The second-order valence-electron chi connectivity index (χ2n) is 5.39. The number of nitrogens with one attached hydrogen (secondary N) is 1. The van der Waals surface area contributed by atoms with E-state index < -0.39 is 17.7 Å². The summed E-state index contributed by atoms with van der Waals surface area (Å²) in [7, 11) is 0. The van der Waals surface area contributed by atoms with Gasteiger partial charge in [-0.3, -0.25) is 4.79 Å². The van der Waals surface area contributed by atoms with Gasteiger partial charge in [-0.2, -0.15) is 13.2 Å². The highest BCUT2D eigenvalue weighted by Crippen LogP contribution is 2.29. The SMILES string of the molecule is O=C(Cc1c[nH]c2ccccc12)OCc1ccc(C(F)(F)F)cc1. The number of hydrogen-bond acceptors (Lipinski definition) is 2. The molecule has 3 rings (SSSR count). The van der Waals surface area contributed by atoms with Crippen molar-refractivity contribution in [1.82, 2.24) is 4.98 Å². The van der Waals surface area contributed by atoms with E-state index in [4.69, 9.17) is 4.74 Å². The Morgan fingerprint density at radius 3 is 2.46 bits per heavy atom. The first-order chi connectivity index (χ1) is 11.4. The first-order valence-corrected chi connectivity index (χ1v) is 7.30. The van der Waals surface area contributed by atoms with Gasteiger partial charge in [0.25, 0.3) is 0 Å². The molecule has 0 bridgehead atoms. The van der Waals surface area contributed by atoms with Crippen LogP contribution >= 0.6 is 0 Å². The van der Waals surface area contributed by atoms with Crippen LogP contribution in [0.2, 0.25) is 0 Å². The zero-order chi connectivity index (χ0) is 17.2. The number of aromatic nitrogens is 1. The maximum absolute atomic E-state index is 12.5. The Morgan fingerprint density at radius 1 is 1.04 bits per heavy atom. The van der Waals surface area contributed by atoms with Gasteiger partial charge in [0, 0.05) is 17.1 Å². The standard InChI is InChI=1S/C18H14F3NO2/c19-18(20,21)14-7-5-12(6-8-14)11-24-17(23)9-13-10-22-16-4-2-1-3-15(13)16/h1-8,10,22H,9,11H2. The van der Waals surface area contributed by atoms with E-state index in [0.717, 1.165) is 28.6 Å². The number of hydrogen-bond donors (Lipinski definition) is 1. The second kappa shape index (κ2) is 6.39. The van der Waals surface area contributed by atoms with E-state index in [-0.39, 0.29) is 13.0 Å². The highest BCUT2D eigenvalue weighted by atomic mass is 19.4. The van der Waals surface area contributed by atoms with Crippen LogP contribution in [-0.2, 0) is 28.7 Å². The monoisotopic (exact) mass is 333 g/mol. The predicted molar refractivity (Wildman–Crippen MR) is 83.2 cm³/mol. The highest BCUT2D eigenvalue weighted by Gasteiger charge is 2.29. The Kier molecular flexibility index (Phi) is 4.29. The van der Waals surface area contributed by atoms with Gasteiger partial charge in [-0.15, -0.1) is 0 Å². The maximum Gasteiger partial charge on any atom is 0.416 e. The largest absolute Gasteiger partial charge is 0.461 e. The Balaban J connectivity index is 1.59. The summed E-state index contributed by atoms with van der Waals surface area (Å²) in [6.45, 7) is -0.0562. The molecule has 0 aliphatic rings. The third-order valence-electron chi connectivity index (χ3n) is 3.69. The van der Waals surface area contributed by atoms with E-state index in [2.05, 4.69) is 4.98 Å². The van der Waals surface area contributed by atoms with Crippen molar-refractivity contribution in [3.8, 4) is 0 Å². The molecule has 0 atom stereocenters. The van der Waals surface area contributed by atoms with E-state index in [1.54, 1.807) is 6.20 Å². The molecule has 1 N–H and O–H groups in total. The number of fused-ring (bicyclic) bond motifs is 1. The number of esters is 1. The summed E-state index contributed by atoms with van der Waals surface area (Å²) in [6.07, 6.45) is -2.51. The lowest BCUT2D eigenvalue weighted by Crippen LogP contribution is -2.08. The first kappa shape index (κ1) is 16.1. The van der Waals surface area contributed by atoms with E-state index in [1.807, 2.05) is 24.3 Å². The fourth-order valence-corrected chi connectivity index (χ4v) is 2.44. The van der Waals surface area contributed by atoms with Gasteiger partial charge >= 0.3 is 12.1 Å². The number of halogens is 3. The lowest BCUT2D eigenvalue weighted by Gasteiger charge is -2.08. The van der Waals surface area contributed by atoms with Gasteiger partial charge in [-0.25, -0.2) is 0 Å². The Bertz CT molecular complexity index is 851. The third kappa shape index (κ3) is 3.59. The molecule has 1 heterocycles. The normalized spacial score (nSPS) is 11.6. The zero-order valence-corrected chi connectivity index (χ0v) is 12.6. The predicted octanol–water partition coefficient (Wildman–Crippen LogP) is 4.47. The van der Waals surface area contributed by atoms with Gasteiger partial charge in [0.15, 0.2) is 0 Å². The molecule has 0 radical (unpaired) electrons. The topological polar surface area (TPSA) is 42.1 Å². The molecule has 0 saturated carbocycles. The van der Waals surface area contributed by atoms with Crippen LogP contribution in [0.3, 0.4) is 0 Å². The van der Waals surface area contributed by atoms with Crippen molar-refractivity contribution >= 4 is 16.9 Å². The molecule has 6 heteroatoms. The summed E-state index contributed by atoms with van der Waals surface area (Å²) in [5, 5.41) is 0.948. The lowest BCUT2D eigenvalue weighted by molar-refractivity contribution is -0.144. The summed E-state index contributed by atoms with van der Waals surface area (Å²) in [5.74, 6) is -0.431. The number of para-hydroxylation sites is 1. The highest BCUT2D eigenvalue weighted by molar-refractivity contribution is 5.87. The van der Waals surface area contributed by atoms with Gasteiger partial charge in [0.05, 0.1) is 12.0 Å². The summed E-state index contributed by atoms with van der Waals surface area (Å²) >= 11 is 0. The number of ether oxygens (including phenoxy) is 1. The quantitative estimate of drug-likeness (QED) is 0.716. The average molecular weight is 333 g/mol. The molecule has 0 fully saturated rings. The number of carbonyl (C=O) groups excluding carboxylic acids is 1. The smallest absolute Gasteiger partial charge is 0.416 e. The van der Waals surface area contributed by atoms with E-state index in [1.165, 1.54) is 12.1 Å². The summed E-state index contributed by atoms with van der Waals surface area (Å²) in [6, 6.07) is 12.2. The molecule has 2 aromatic carbocycles. The van der Waals surface area contributed by atoms with Crippen molar-refractivity contribution in [1.29, 1.82) is 0 Å². The Morgan fingerprint density at radius 2 is 1.75 bits per heavy atom. The molecular weight excluding hydrogens is 319 g/mol. The van der Waals surface area contributed by atoms with Crippen LogP contribution in [0.15, 0.2) is 54.7 Å². The average Bonchev–Trinajstić information content (AvgIpc) is 2.96. The Hall–Kier alpha value is -2.76. The fraction of sp³-hybridized carbons (Fsp3) is 0.167. The minimum atomic E-state index is -4.37. The first-order valence-electron chi connectivity index (χ1n) is 7.30. The van der Waals surface area contributed by atoms with Crippen LogP contribution in [0.1, 0.15) is 16.7 Å². The van der Waals surface area contributed by atoms with Gasteiger partial charge in [-0.05, 0) is 29.3 Å². The number of benzene rings is 2. The van der Waals surface area contributed by atoms with Crippen LogP contribution < -0.4 is 0 Å². The molecule has 0 aliphatic carbocycles. The number of H-pyrrole nitrogens is 1. The maximum atomic E-state index is 12.5. The molecule has 0 aliphatic heterocycles. The molecule has 24 heavy (non-hydrogen) atoms. The van der Waals surface area contributed by atoms with Crippen LogP contribution in [0, 0.1) is 0 Å². The van der Waals surface area contributed by atoms with Crippen molar-refractivity contribution in [2.45, 2.75) is 19.2 Å². The number of alkyl halides is 3. The molecule has 0 amide bonds. The number of carbonyl (C=O) groups is 1. The van der Waals surface area contributed by atoms with E-state index >= 15 is 0 Å². The number of aromatic amines is 1. The Labute approximate surface area is 136 Å². The minimum absolute atomic E-state index is 0.0562. The molecule has 3 nitrogen and oxygen atoms in total. The molecule has 3 aromatic rings. The zero-order valence-electron chi connectivity index (χ0n) is 12.6.